The third-order valence-corrected chi connectivity index (χ3v) is 3.69. The molecule has 1 aliphatic rings. The summed E-state index contributed by atoms with van der Waals surface area (Å²) in [6.45, 7) is 6.01. The minimum atomic E-state index is 0.240. The summed E-state index contributed by atoms with van der Waals surface area (Å²) in [7, 11) is 0. The first-order valence-electron chi connectivity index (χ1n) is 6.56. The third-order valence-electron chi connectivity index (χ3n) is 3.69. The van der Waals surface area contributed by atoms with Crippen molar-refractivity contribution in [2.24, 2.45) is 17.6 Å². The Morgan fingerprint density at radius 3 is 2.76 bits per heavy atom. The van der Waals surface area contributed by atoms with Gasteiger partial charge in [-0.25, -0.2) is 0 Å². The summed E-state index contributed by atoms with van der Waals surface area (Å²) >= 11 is 0. The van der Waals surface area contributed by atoms with Gasteiger partial charge in [0, 0.05) is 24.5 Å². The van der Waals surface area contributed by atoms with E-state index in [0.717, 1.165) is 24.1 Å². The summed E-state index contributed by atoms with van der Waals surface area (Å²) in [5, 5.41) is 3.56. The molecule has 0 spiro atoms. The maximum atomic E-state index is 5.83. The topological polar surface area (TPSA) is 50.9 Å². The lowest BCUT2D eigenvalue weighted by Gasteiger charge is -2.20. The maximum Gasteiger partial charge on any atom is 0.0459 e. The van der Waals surface area contributed by atoms with Gasteiger partial charge >= 0.3 is 0 Å². The van der Waals surface area contributed by atoms with E-state index in [4.69, 9.17) is 5.73 Å². The van der Waals surface area contributed by atoms with Gasteiger partial charge in [0.15, 0.2) is 0 Å². The van der Waals surface area contributed by atoms with Crippen LogP contribution in [0, 0.1) is 18.8 Å². The van der Waals surface area contributed by atoms with Crippen molar-refractivity contribution in [2.75, 3.05) is 13.1 Å². The second-order valence-corrected chi connectivity index (χ2v) is 5.24. The zero-order chi connectivity index (χ0) is 12.3. The Morgan fingerprint density at radius 2 is 2.24 bits per heavy atom. The average Bonchev–Trinajstić information content (AvgIpc) is 3.16. The van der Waals surface area contributed by atoms with Crippen molar-refractivity contribution in [2.45, 2.75) is 32.7 Å². The molecule has 2 atom stereocenters. The molecule has 3 N–H and O–H groups in total. The van der Waals surface area contributed by atoms with Crippen LogP contribution in [-0.4, -0.2) is 18.1 Å². The zero-order valence-corrected chi connectivity index (χ0v) is 10.8. The van der Waals surface area contributed by atoms with Crippen molar-refractivity contribution >= 4 is 0 Å². The number of nitrogens with two attached hydrogens (primary N) is 1. The van der Waals surface area contributed by atoms with E-state index in [9.17, 15) is 0 Å². The van der Waals surface area contributed by atoms with Gasteiger partial charge in [-0.2, -0.15) is 0 Å². The predicted molar refractivity (Wildman–Crippen MR) is 70.7 cm³/mol. The third kappa shape index (κ3) is 3.51. The van der Waals surface area contributed by atoms with E-state index >= 15 is 0 Å². The molecule has 1 aromatic rings. The molecule has 0 aromatic carbocycles. The van der Waals surface area contributed by atoms with Crippen LogP contribution >= 0.6 is 0 Å². The van der Waals surface area contributed by atoms with Gasteiger partial charge in [0.2, 0.25) is 0 Å². The molecule has 1 aromatic heterocycles. The maximum absolute atomic E-state index is 5.83. The number of hydrogen-bond donors (Lipinski definition) is 2. The second kappa shape index (κ2) is 5.61. The van der Waals surface area contributed by atoms with Crippen molar-refractivity contribution in [3.05, 3.63) is 29.6 Å². The number of nitrogens with zero attached hydrogens (tertiary/aromatic N) is 1. The normalized spacial score (nSPS) is 19.0. The Morgan fingerprint density at radius 1 is 1.47 bits per heavy atom. The van der Waals surface area contributed by atoms with Crippen LogP contribution in [0.3, 0.4) is 0 Å². The van der Waals surface area contributed by atoms with Gasteiger partial charge in [0.1, 0.15) is 0 Å². The van der Waals surface area contributed by atoms with Gasteiger partial charge in [-0.15, -0.1) is 0 Å². The van der Waals surface area contributed by atoms with Crippen LogP contribution in [0.5, 0.6) is 0 Å². The van der Waals surface area contributed by atoms with Crippen LogP contribution in [0.25, 0.3) is 0 Å². The summed E-state index contributed by atoms with van der Waals surface area (Å²) < 4.78 is 0. The first-order chi connectivity index (χ1) is 8.20. The van der Waals surface area contributed by atoms with Crippen LogP contribution in [0.15, 0.2) is 18.3 Å². The van der Waals surface area contributed by atoms with Gasteiger partial charge < -0.3 is 11.1 Å². The predicted octanol–water partition coefficient (Wildman–Crippen LogP) is 2.03. The lowest BCUT2D eigenvalue weighted by atomic mass is 10.0. The van der Waals surface area contributed by atoms with Crippen molar-refractivity contribution < 1.29 is 0 Å². The standard InChI is InChI=1S/C14H23N3/c1-10(12-5-6-12)8-17-14(7-15)13-4-3-11(2)16-9-13/h3-4,9-10,12,14,17H,5-8,15H2,1-2H3. The summed E-state index contributed by atoms with van der Waals surface area (Å²) in [6, 6.07) is 4.41. The minimum Gasteiger partial charge on any atom is -0.329 e. The largest absolute Gasteiger partial charge is 0.329 e. The highest BCUT2D eigenvalue weighted by Crippen LogP contribution is 2.36. The molecule has 1 aliphatic carbocycles. The molecule has 1 fully saturated rings. The molecule has 17 heavy (non-hydrogen) atoms. The Kier molecular flexibility index (Phi) is 4.13. The highest BCUT2D eigenvalue weighted by Gasteiger charge is 2.27. The summed E-state index contributed by atoms with van der Waals surface area (Å²) in [5.41, 5.74) is 8.08. The highest BCUT2D eigenvalue weighted by molar-refractivity contribution is 5.17. The monoisotopic (exact) mass is 233 g/mol. The van der Waals surface area contributed by atoms with Crippen molar-refractivity contribution in [1.82, 2.24) is 10.3 Å². The van der Waals surface area contributed by atoms with Crippen LogP contribution in [0.1, 0.15) is 37.1 Å². The molecule has 3 nitrogen and oxygen atoms in total. The Balaban J connectivity index is 1.88. The van der Waals surface area contributed by atoms with Gasteiger partial charge in [0.25, 0.3) is 0 Å². The van der Waals surface area contributed by atoms with E-state index in [1.54, 1.807) is 0 Å². The lowest BCUT2D eigenvalue weighted by Crippen LogP contribution is -2.32. The molecule has 94 valence electrons. The molecule has 2 unspecified atom stereocenters. The molecule has 0 amide bonds. The molecule has 2 rings (SSSR count). The summed E-state index contributed by atoms with van der Waals surface area (Å²) in [4.78, 5) is 4.33. The Hall–Kier alpha value is -0.930. The second-order valence-electron chi connectivity index (χ2n) is 5.24. The fraction of sp³-hybridized carbons (Fsp3) is 0.643. The van der Waals surface area contributed by atoms with E-state index in [0.29, 0.717) is 6.54 Å². The zero-order valence-electron chi connectivity index (χ0n) is 10.8. The number of rotatable bonds is 6. The molecule has 0 aliphatic heterocycles. The van der Waals surface area contributed by atoms with E-state index in [1.807, 2.05) is 19.2 Å². The summed E-state index contributed by atoms with van der Waals surface area (Å²) in [5.74, 6) is 1.71. The minimum absolute atomic E-state index is 0.240. The number of hydrogen-bond acceptors (Lipinski definition) is 3. The van der Waals surface area contributed by atoms with Crippen molar-refractivity contribution in [1.29, 1.82) is 0 Å². The van der Waals surface area contributed by atoms with Crippen LogP contribution in [0.2, 0.25) is 0 Å². The first-order valence-corrected chi connectivity index (χ1v) is 6.56. The fourth-order valence-corrected chi connectivity index (χ4v) is 2.18. The van der Waals surface area contributed by atoms with Crippen LogP contribution < -0.4 is 11.1 Å². The molecular formula is C14H23N3. The van der Waals surface area contributed by atoms with E-state index < -0.39 is 0 Å². The molecule has 0 bridgehead atoms. The molecular weight excluding hydrogens is 210 g/mol. The number of pyridine rings is 1. The smallest absolute Gasteiger partial charge is 0.0459 e. The molecule has 1 heterocycles. The molecule has 1 saturated carbocycles. The van der Waals surface area contributed by atoms with E-state index in [1.165, 1.54) is 18.4 Å². The quantitative estimate of drug-likeness (QED) is 0.790. The first kappa shape index (κ1) is 12.5. The average molecular weight is 233 g/mol. The number of aryl methyl sites for hydroxylation is 1. The highest BCUT2D eigenvalue weighted by atomic mass is 14.9. The lowest BCUT2D eigenvalue weighted by molar-refractivity contribution is 0.422. The summed E-state index contributed by atoms with van der Waals surface area (Å²) in [6.07, 6.45) is 4.74. The molecule has 3 heteroatoms. The van der Waals surface area contributed by atoms with Crippen LogP contribution in [0.4, 0.5) is 0 Å². The molecule has 0 saturated heterocycles. The van der Waals surface area contributed by atoms with Crippen molar-refractivity contribution in [3.63, 3.8) is 0 Å². The van der Waals surface area contributed by atoms with Crippen LogP contribution in [-0.2, 0) is 0 Å². The van der Waals surface area contributed by atoms with E-state index in [2.05, 4.69) is 23.3 Å². The van der Waals surface area contributed by atoms with E-state index in [-0.39, 0.29) is 6.04 Å². The fourth-order valence-electron chi connectivity index (χ4n) is 2.18. The Labute approximate surface area is 104 Å². The van der Waals surface area contributed by atoms with Crippen molar-refractivity contribution in [3.8, 4) is 0 Å². The number of aromatic nitrogens is 1. The van der Waals surface area contributed by atoms with Gasteiger partial charge in [-0.1, -0.05) is 13.0 Å². The number of nitrogens with one attached hydrogen (secondary N) is 1. The van der Waals surface area contributed by atoms with Gasteiger partial charge in [-0.05, 0) is 49.8 Å². The van der Waals surface area contributed by atoms with Gasteiger partial charge in [0.05, 0.1) is 0 Å². The SMILES string of the molecule is Cc1ccc(C(CN)NCC(C)C2CC2)cn1. The molecule has 0 radical (unpaired) electrons. The Bertz CT molecular complexity index is 343. The van der Waals surface area contributed by atoms with Gasteiger partial charge in [-0.3, -0.25) is 4.98 Å².